The quantitative estimate of drug-likeness (QED) is 0.665. The lowest BCUT2D eigenvalue weighted by molar-refractivity contribution is 0.0944. The number of methoxy groups -OCH3 is 1. The van der Waals surface area contributed by atoms with Crippen LogP contribution in [0, 0.1) is 0 Å². The Hall–Kier alpha value is -2.50. The highest BCUT2D eigenvalue weighted by Gasteiger charge is 2.20. The molecule has 0 N–H and O–H groups in total. The molecule has 2 heterocycles. The fourth-order valence-electron chi connectivity index (χ4n) is 2.66. The summed E-state index contributed by atoms with van der Waals surface area (Å²) in [7, 11) is 3.73. The molecule has 3 rings (SSSR count). The molecule has 1 atom stereocenters. The van der Waals surface area contributed by atoms with Crippen molar-refractivity contribution >= 4 is 0 Å². The standard InChI is InChI=1S/C19H21N3O2/c1-22(19(14-23-2)17-10-6-7-11-20-17)13-16-12-18(21-24-16)15-8-4-3-5-9-15/h3-12,19H,13-14H2,1-2H3/t19-/m0/s1. The molecule has 0 aliphatic heterocycles. The van der Waals surface area contributed by atoms with E-state index in [4.69, 9.17) is 9.26 Å². The van der Waals surface area contributed by atoms with Gasteiger partial charge in [0.2, 0.25) is 0 Å². The highest BCUT2D eigenvalue weighted by molar-refractivity contribution is 5.58. The molecule has 124 valence electrons. The molecule has 0 aliphatic rings. The van der Waals surface area contributed by atoms with Gasteiger partial charge in [0.15, 0.2) is 5.76 Å². The van der Waals surface area contributed by atoms with Crippen molar-refractivity contribution in [2.24, 2.45) is 0 Å². The average molecular weight is 323 g/mol. The maximum absolute atomic E-state index is 5.50. The van der Waals surface area contributed by atoms with Crippen molar-refractivity contribution in [3.63, 3.8) is 0 Å². The van der Waals surface area contributed by atoms with E-state index in [1.807, 2.05) is 61.6 Å². The normalized spacial score (nSPS) is 12.5. The Labute approximate surface area is 141 Å². The van der Waals surface area contributed by atoms with E-state index in [-0.39, 0.29) is 6.04 Å². The Morgan fingerprint density at radius 2 is 1.92 bits per heavy atom. The molecular weight excluding hydrogens is 302 g/mol. The second kappa shape index (κ2) is 7.86. The second-order valence-electron chi connectivity index (χ2n) is 5.69. The number of likely N-dealkylation sites (N-methyl/N-ethyl adjacent to an activating group) is 1. The van der Waals surface area contributed by atoms with Crippen LogP contribution in [0.3, 0.4) is 0 Å². The van der Waals surface area contributed by atoms with E-state index in [2.05, 4.69) is 15.0 Å². The predicted octanol–water partition coefficient (Wildman–Crippen LogP) is 3.56. The first-order chi connectivity index (χ1) is 11.8. The molecule has 0 radical (unpaired) electrons. The number of ether oxygens (including phenoxy) is 1. The Kier molecular flexibility index (Phi) is 5.36. The van der Waals surface area contributed by atoms with Gasteiger partial charge in [0.25, 0.3) is 0 Å². The van der Waals surface area contributed by atoms with E-state index in [1.54, 1.807) is 13.3 Å². The zero-order chi connectivity index (χ0) is 16.8. The topological polar surface area (TPSA) is 51.4 Å². The third-order valence-electron chi connectivity index (χ3n) is 3.92. The Morgan fingerprint density at radius 3 is 2.62 bits per heavy atom. The summed E-state index contributed by atoms with van der Waals surface area (Å²) in [5.74, 6) is 0.813. The lowest BCUT2D eigenvalue weighted by Gasteiger charge is -2.25. The van der Waals surface area contributed by atoms with Gasteiger partial charge in [-0.25, -0.2) is 0 Å². The minimum atomic E-state index is 0.0569. The van der Waals surface area contributed by atoms with Crippen molar-refractivity contribution < 1.29 is 9.26 Å². The van der Waals surface area contributed by atoms with E-state index < -0.39 is 0 Å². The van der Waals surface area contributed by atoms with Gasteiger partial charge in [0, 0.05) is 24.9 Å². The average Bonchev–Trinajstić information content (AvgIpc) is 3.09. The van der Waals surface area contributed by atoms with Crippen LogP contribution in [0.4, 0.5) is 0 Å². The number of hydrogen-bond donors (Lipinski definition) is 0. The van der Waals surface area contributed by atoms with Gasteiger partial charge in [-0.1, -0.05) is 41.6 Å². The Bertz CT molecular complexity index is 744. The molecule has 0 spiro atoms. The third kappa shape index (κ3) is 3.88. The fourth-order valence-corrected chi connectivity index (χ4v) is 2.66. The Morgan fingerprint density at radius 1 is 1.12 bits per heavy atom. The summed E-state index contributed by atoms with van der Waals surface area (Å²) in [6.07, 6.45) is 1.80. The van der Waals surface area contributed by atoms with Crippen molar-refractivity contribution in [2.45, 2.75) is 12.6 Å². The van der Waals surface area contributed by atoms with Crippen LogP contribution >= 0.6 is 0 Å². The van der Waals surface area contributed by atoms with Crippen LogP contribution in [-0.4, -0.2) is 35.8 Å². The molecule has 0 saturated heterocycles. The number of nitrogens with zero attached hydrogens (tertiary/aromatic N) is 3. The molecule has 5 nitrogen and oxygen atoms in total. The van der Waals surface area contributed by atoms with E-state index in [1.165, 1.54) is 0 Å². The first-order valence-electron chi connectivity index (χ1n) is 7.89. The van der Waals surface area contributed by atoms with Gasteiger partial charge in [-0.3, -0.25) is 9.88 Å². The minimum absolute atomic E-state index is 0.0569. The summed E-state index contributed by atoms with van der Waals surface area (Å²) in [5.41, 5.74) is 2.87. The third-order valence-corrected chi connectivity index (χ3v) is 3.92. The molecule has 3 aromatic rings. The summed E-state index contributed by atoms with van der Waals surface area (Å²) >= 11 is 0. The molecule has 0 fully saturated rings. The molecule has 24 heavy (non-hydrogen) atoms. The van der Waals surface area contributed by atoms with Crippen molar-refractivity contribution in [1.82, 2.24) is 15.0 Å². The molecule has 5 heteroatoms. The maximum atomic E-state index is 5.50. The molecule has 1 aromatic carbocycles. The molecule has 2 aromatic heterocycles. The van der Waals surface area contributed by atoms with Crippen molar-refractivity contribution in [1.29, 1.82) is 0 Å². The van der Waals surface area contributed by atoms with Crippen molar-refractivity contribution in [2.75, 3.05) is 20.8 Å². The summed E-state index contributed by atoms with van der Waals surface area (Å²) < 4.78 is 10.9. The zero-order valence-electron chi connectivity index (χ0n) is 13.9. The maximum Gasteiger partial charge on any atom is 0.151 e. The molecule has 0 saturated carbocycles. The fraction of sp³-hybridized carbons (Fsp3) is 0.263. The minimum Gasteiger partial charge on any atom is -0.383 e. The van der Waals surface area contributed by atoms with Gasteiger partial charge in [-0.2, -0.15) is 0 Å². The van der Waals surface area contributed by atoms with Crippen LogP contribution in [0.1, 0.15) is 17.5 Å². The Balaban J connectivity index is 1.73. The molecule has 0 aliphatic carbocycles. The monoisotopic (exact) mass is 323 g/mol. The van der Waals surface area contributed by atoms with Crippen LogP contribution in [-0.2, 0) is 11.3 Å². The van der Waals surface area contributed by atoms with Crippen molar-refractivity contribution in [3.05, 3.63) is 72.2 Å². The largest absolute Gasteiger partial charge is 0.383 e. The lowest BCUT2D eigenvalue weighted by atomic mass is 10.1. The number of rotatable bonds is 7. The van der Waals surface area contributed by atoms with Crippen LogP contribution in [0.15, 0.2) is 65.3 Å². The van der Waals surface area contributed by atoms with Gasteiger partial charge in [-0.15, -0.1) is 0 Å². The van der Waals surface area contributed by atoms with Crippen LogP contribution in [0.25, 0.3) is 11.3 Å². The summed E-state index contributed by atoms with van der Waals surface area (Å²) in [6.45, 7) is 1.19. The van der Waals surface area contributed by atoms with E-state index in [0.29, 0.717) is 13.2 Å². The van der Waals surface area contributed by atoms with Crippen molar-refractivity contribution in [3.8, 4) is 11.3 Å². The highest BCUT2D eigenvalue weighted by atomic mass is 16.5. The first-order valence-corrected chi connectivity index (χ1v) is 7.89. The van der Waals surface area contributed by atoms with Crippen LogP contribution in [0.2, 0.25) is 0 Å². The van der Waals surface area contributed by atoms with E-state index >= 15 is 0 Å². The number of hydrogen-bond acceptors (Lipinski definition) is 5. The SMILES string of the molecule is COC[C@@H](c1ccccn1)N(C)Cc1cc(-c2ccccc2)no1. The number of aromatic nitrogens is 2. The van der Waals surface area contributed by atoms with Gasteiger partial charge in [-0.05, 0) is 19.2 Å². The summed E-state index contributed by atoms with van der Waals surface area (Å²) in [6, 6.07) is 18.0. The smallest absolute Gasteiger partial charge is 0.151 e. The van der Waals surface area contributed by atoms with Gasteiger partial charge in [0.05, 0.1) is 24.9 Å². The van der Waals surface area contributed by atoms with Gasteiger partial charge in [0.1, 0.15) is 5.69 Å². The van der Waals surface area contributed by atoms with E-state index in [0.717, 1.165) is 22.7 Å². The predicted molar refractivity (Wildman–Crippen MR) is 92.3 cm³/mol. The highest BCUT2D eigenvalue weighted by Crippen LogP contribution is 2.23. The molecule has 0 unspecified atom stereocenters. The molecule has 0 amide bonds. The lowest BCUT2D eigenvalue weighted by Crippen LogP contribution is -2.28. The van der Waals surface area contributed by atoms with Gasteiger partial charge >= 0.3 is 0 Å². The number of benzene rings is 1. The van der Waals surface area contributed by atoms with Crippen LogP contribution in [0.5, 0.6) is 0 Å². The summed E-state index contributed by atoms with van der Waals surface area (Å²) in [5, 5.41) is 4.17. The molecular formula is C19H21N3O2. The number of pyridine rings is 1. The second-order valence-corrected chi connectivity index (χ2v) is 5.69. The van der Waals surface area contributed by atoms with Crippen LogP contribution < -0.4 is 0 Å². The van der Waals surface area contributed by atoms with Gasteiger partial charge < -0.3 is 9.26 Å². The zero-order valence-corrected chi connectivity index (χ0v) is 13.9. The van der Waals surface area contributed by atoms with E-state index in [9.17, 15) is 0 Å². The molecule has 0 bridgehead atoms. The first kappa shape index (κ1) is 16.4. The summed E-state index contributed by atoms with van der Waals surface area (Å²) in [4.78, 5) is 6.60.